The Balaban J connectivity index is 0.00000441. The normalized spacial score (nSPS) is 10.0. The van der Waals surface area contributed by atoms with Crippen LogP contribution < -0.4 is 10.1 Å². The standard InChI is InChI=1S/C16H27N3O2.H2O/c1-4-19(5-2)12-11-17-16(20)18(3)13-14-21-15-9-7-6-8-10-15;/h6-10H,4-5,11-14H2,1-3H3,(H,17,20);1H2. The van der Waals surface area contributed by atoms with E-state index in [1.54, 1.807) is 11.9 Å². The SMILES string of the molecule is CCN(CC)CCNC(=O)N(C)CCOc1ccccc1.O. The molecular formula is C16H29N3O3. The first kappa shape index (κ1) is 20.2. The number of hydrogen-bond acceptors (Lipinski definition) is 3. The maximum atomic E-state index is 11.9. The quantitative estimate of drug-likeness (QED) is 0.745. The number of amides is 2. The lowest BCUT2D eigenvalue weighted by atomic mass is 10.3. The van der Waals surface area contributed by atoms with E-state index >= 15 is 0 Å². The number of hydrogen-bond donors (Lipinski definition) is 1. The summed E-state index contributed by atoms with van der Waals surface area (Å²) in [6, 6.07) is 9.56. The van der Waals surface area contributed by atoms with E-state index in [2.05, 4.69) is 24.1 Å². The van der Waals surface area contributed by atoms with Crippen molar-refractivity contribution in [3.8, 4) is 5.75 Å². The zero-order chi connectivity index (χ0) is 15.5. The third kappa shape index (κ3) is 7.85. The van der Waals surface area contributed by atoms with Gasteiger partial charge in [-0.25, -0.2) is 4.79 Å². The van der Waals surface area contributed by atoms with Crippen LogP contribution in [0.4, 0.5) is 4.79 Å². The first-order valence-electron chi connectivity index (χ1n) is 7.56. The molecule has 22 heavy (non-hydrogen) atoms. The second-order valence-electron chi connectivity index (χ2n) is 4.84. The van der Waals surface area contributed by atoms with Gasteiger partial charge in [0.15, 0.2) is 0 Å². The Hall–Kier alpha value is -1.79. The summed E-state index contributed by atoms with van der Waals surface area (Å²) in [6.07, 6.45) is 0. The van der Waals surface area contributed by atoms with Crippen molar-refractivity contribution in [1.29, 1.82) is 0 Å². The molecule has 6 nitrogen and oxygen atoms in total. The van der Waals surface area contributed by atoms with Crippen molar-refractivity contribution in [2.75, 3.05) is 46.4 Å². The number of nitrogens with zero attached hydrogens (tertiary/aromatic N) is 2. The Kier molecular flexibility index (Phi) is 10.9. The van der Waals surface area contributed by atoms with Crippen molar-refractivity contribution >= 4 is 6.03 Å². The first-order valence-corrected chi connectivity index (χ1v) is 7.56. The molecule has 0 atom stereocenters. The predicted octanol–water partition coefficient (Wildman–Crippen LogP) is 1.22. The maximum Gasteiger partial charge on any atom is 0.317 e. The summed E-state index contributed by atoms with van der Waals surface area (Å²) in [4.78, 5) is 15.8. The number of rotatable bonds is 9. The number of benzene rings is 1. The second-order valence-corrected chi connectivity index (χ2v) is 4.84. The van der Waals surface area contributed by atoms with Crippen LogP contribution in [0.3, 0.4) is 0 Å². The molecule has 2 amide bonds. The van der Waals surface area contributed by atoms with E-state index < -0.39 is 0 Å². The highest BCUT2D eigenvalue weighted by Gasteiger charge is 2.08. The van der Waals surface area contributed by atoms with Gasteiger partial charge in [0.2, 0.25) is 0 Å². The third-order valence-corrected chi connectivity index (χ3v) is 3.38. The lowest BCUT2D eigenvalue weighted by Gasteiger charge is -2.21. The van der Waals surface area contributed by atoms with E-state index in [1.165, 1.54) is 0 Å². The van der Waals surface area contributed by atoms with Gasteiger partial charge in [0.1, 0.15) is 12.4 Å². The summed E-state index contributed by atoms with van der Waals surface area (Å²) in [7, 11) is 1.78. The fourth-order valence-electron chi connectivity index (χ4n) is 1.91. The minimum absolute atomic E-state index is 0. The molecule has 0 bridgehead atoms. The molecule has 1 aromatic carbocycles. The summed E-state index contributed by atoms with van der Waals surface area (Å²) >= 11 is 0. The minimum Gasteiger partial charge on any atom is -0.492 e. The van der Waals surface area contributed by atoms with E-state index in [9.17, 15) is 4.79 Å². The van der Waals surface area contributed by atoms with Crippen molar-refractivity contribution in [3.05, 3.63) is 30.3 Å². The molecule has 126 valence electrons. The third-order valence-electron chi connectivity index (χ3n) is 3.38. The van der Waals surface area contributed by atoms with E-state index in [4.69, 9.17) is 4.74 Å². The van der Waals surface area contributed by atoms with E-state index in [0.717, 1.165) is 25.4 Å². The zero-order valence-corrected chi connectivity index (χ0v) is 13.8. The largest absolute Gasteiger partial charge is 0.492 e. The number of likely N-dealkylation sites (N-methyl/N-ethyl adjacent to an activating group) is 2. The Morgan fingerprint density at radius 2 is 1.77 bits per heavy atom. The number of urea groups is 1. The summed E-state index contributed by atoms with van der Waals surface area (Å²) in [5.74, 6) is 0.827. The van der Waals surface area contributed by atoms with Crippen molar-refractivity contribution in [3.63, 3.8) is 0 Å². The summed E-state index contributed by atoms with van der Waals surface area (Å²) < 4.78 is 5.57. The molecule has 6 heteroatoms. The first-order chi connectivity index (χ1) is 10.2. The lowest BCUT2D eigenvalue weighted by Crippen LogP contribution is -2.42. The molecule has 0 aliphatic rings. The van der Waals surface area contributed by atoms with Gasteiger partial charge in [0, 0.05) is 20.1 Å². The van der Waals surface area contributed by atoms with Gasteiger partial charge in [-0.05, 0) is 25.2 Å². The molecule has 0 fully saturated rings. The molecule has 1 rings (SSSR count). The number of para-hydroxylation sites is 1. The van der Waals surface area contributed by atoms with Gasteiger partial charge in [-0.1, -0.05) is 32.0 Å². The molecule has 0 radical (unpaired) electrons. The summed E-state index contributed by atoms with van der Waals surface area (Å²) in [5, 5.41) is 2.92. The smallest absolute Gasteiger partial charge is 0.317 e. The number of carbonyl (C=O) groups excluding carboxylic acids is 1. The number of carbonyl (C=O) groups is 1. The summed E-state index contributed by atoms with van der Waals surface area (Å²) in [6.45, 7) is 8.87. The van der Waals surface area contributed by atoms with Crippen LogP contribution in [0.25, 0.3) is 0 Å². The number of ether oxygens (including phenoxy) is 1. The average Bonchev–Trinajstić information content (AvgIpc) is 2.52. The van der Waals surface area contributed by atoms with Gasteiger partial charge in [-0.2, -0.15) is 0 Å². The Morgan fingerprint density at radius 1 is 1.14 bits per heavy atom. The van der Waals surface area contributed by atoms with E-state index in [0.29, 0.717) is 19.7 Å². The van der Waals surface area contributed by atoms with E-state index in [1.807, 2.05) is 30.3 Å². The van der Waals surface area contributed by atoms with Crippen LogP contribution in [0.15, 0.2) is 30.3 Å². The van der Waals surface area contributed by atoms with Gasteiger partial charge < -0.3 is 25.3 Å². The molecule has 0 saturated carbocycles. The topological polar surface area (TPSA) is 76.3 Å². The van der Waals surface area contributed by atoms with Crippen molar-refractivity contribution in [2.24, 2.45) is 0 Å². The molecular weight excluding hydrogens is 282 g/mol. The molecule has 0 spiro atoms. The van der Waals surface area contributed by atoms with Crippen LogP contribution in [0.5, 0.6) is 5.75 Å². The van der Waals surface area contributed by atoms with Crippen molar-refractivity contribution in [1.82, 2.24) is 15.1 Å². The molecule has 0 aromatic heterocycles. The Bertz CT molecular complexity index is 397. The van der Waals surface area contributed by atoms with Gasteiger partial charge in [0.25, 0.3) is 0 Å². The van der Waals surface area contributed by atoms with Gasteiger partial charge in [-0.15, -0.1) is 0 Å². The van der Waals surface area contributed by atoms with Gasteiger partial charge >= 0.3 is 6.03 Å². The van der Waals surface area contributed by atoms with Crippen LogP contribution in [0, 0.1) is 0 Å². The maximum absolute atomic E-state index is 11.9. The fourth-order valence-corrected chi connectivity index (χ4v) is 1.91. The van der Waals surface area contributed by atoms with Crippen molar-refractivity contribution in [2.45, 2.75) is 13.8 Å². The molecule has 0 unspecified atom stereocenters. The van der Waals surface area contributed by atoms with E-state index in [-0.39, 0.29) is 11.5 Å². The zero-order valence-electron chi connectivity index (χ0n) is 13.8. The second kappa shape index (κ2) is 11.8. The highest BCUT2D eigenvalue weighted by atomic mass is 16.5. The summed E-state index contributed by atoms with van der Waals surface area (Å²) in [5.41, 5.74) is 0. The van der Waals surface area contributed by atoms with Crippen LogP contribution in [-0.2, 0) is 0 Å². The monoisotopic (exact) mass is 311 g/mol. The molecule has 0 aliphatic heterocycles. The van der Waals surface area contributed by atoms with Crippen LogP contribution in [-0.4, -0.2) is 67.7 Å². The van der Waals surface area contributed by atoms with Crippen molar-refractivity contribution < 1.29 is 15.0 Å². The Morgan fingerprint density at radius 3 is 2.36 bits per heavy atom. The van der Waals surface area contributed by atoms with Gasteiger partial charge in [0.05, 0.1) is 6.54 Å². The number of nitrogens with one attached hydrogen (secondary N) is 1. The molecule has 0 saturated heterocycles. The molecule has 0 heterocycles. The highest BCUT2D eigenvalue weighted by Crippen LogP contribution is 2.07. The van der Waals surface area contributed by atoms with Gasteiger partial charge in [-0.3, -0.25) is 0 Å². The molecule has 1 aromatic rings. The highest BCUT2D eigenvalue weighted by molar-refractivity contribution is 5.73. The van der Waals surface area contributed by atoms with Crippen LogP contribution in [0.1, 0.15) is 13.8 Å². The fraction of sp³-hybridized carbons (Fsp3) is 0.562. The van der Waals surface area contributed by atoms with Crippen LogP contribution >= 0.6 is 0 Å². The lowest BCUT2D eigenvalue weighted by molar-refractivity contribution is 0.193. The van der Waals surface area contributed by atoms with Crippen LogP contribution in [0.2, 0.25) is 0 Å². The minimum atomic E-state index is -0.0567. The average molecular weight is 311 g/mol. The molecule has 0 aliphatic carbocycles. The predicted molar refractivity (Wildman–Crippen MR) is 89.4 cm³/mol. The Labute approximate surface area is 133 Å². The molecule has 3 N–H and O–H groups in total.